The molecule has 0 fully saturated rings. The molecule has 11 nitrogen and oxygen atoms in total. The summed E-state index contributed by atoms with van der Waals surface area (Å²) in [7, 11) is 0. The van der Waals surface area contributed by atoms with E-state index in [1.807, 2.05) is 6.26 Å². The lowest BCUT2D eigenvalue weighted by Crippen LogP contribution is -2.56. The van der Waals surface area contributed by atoms with Gasteiger partial charge < -0.3 is 31.9 Å². The number of hydrogen-bond acceptors (Lipinski definition) is 7. The summed E-state index contributed by atoms with van der Waals surface area (Å²) in [6.45, 7) is 4.60. The van der Waals surface area contributed by atoms with Crippen LogP contribution in [0.15, 0.2) is 0 Å². The minimum Gasteiger partial charge on any atom is -0.481 e. The van der Waals surface area contributed by atoms with Crippen LogP contribution in [0.4, 0.5) is 0 Å². The number of rotatable bonds is 14. The molecule has 0 bridgehead atoms. The predicted octanol–water partition coefficient (Wildman–Crippen LogP) is -0.853. The Labute approximate surface area is 179 Å². The van der Waals surface area contributed by atoms with Crippen molar-refractivity contribution in [3.63, 3.8) is 0 Å². The molecular weight excluding hydrogens is 416 g/mol. The number of nitrogens with two attached hydrogens (primary N) is 1. The van der Waals surface area contributed by atoms with E-state index in [0.29, 0.717) is 12.2 Å². The van der Waals surface area contributed by atoms with E-state index in [0.717, 1.165) is 0 Å². The fourth-order valence-corrected chi connectivity index (χ4v) is 2.85. The van der Waals surface area contributed by atoms with E-state index in [9.17, 15) is 24.0 Å². The molecule has 0 aromatic carbocycles. The van der Waals surface area contributed by atoms with Gasteiger partial charge in [-0.05, 0) is 37.7 Å². The van der Waals surface area contributed by atoms with Crippen LogP contribution in [0, 0.1) is 5.92 Å². The Morgan fingerprint density at radius 1 is 0.900 bits per heavy atom. The second-order valence-electron chi connectivity index (χ2n) is 7.18. The van der Waals surface area contributed by atoms with Crippen molar-refractivity contribution < 1.29 is 34.2 Å². The summed E-state index contributed by atoms with van der Waals surface area (Å²) in [5, 5.41) is 25.2. The molecule has 4 atom stereocenters. The quantitative estimate of drug-likeness (QED) is 0.197. The number of aliphatic carboxylic acids is 2. The number of carbonyl (C=O) groups is 5. The topological polar surface area (TPSA) is 188 Å². The molecule has 172 valence electrons. The highest BCUT2D eigenvalue weighted by atomic mass is 32.2. The van der Waals surface area contributed by atoms with Gasteiger partial charge in [-0.1, -0.05) is 13.8 Å². The normalized spacial score (nSPS) is 14.9. The molecular formula is C18H32N4O7S. The summed E-state index contributed by atoms with van der Waals surface area (Å²) in [5.74, 6) is -4.18. The van der Waals surface area contributed by atoms with Gasteiger partial charge in [0, 0.05) is 6.42 Å². The van der Waals surface area contributed by atoms with Crippen molar-refractivity contribution >= 4 is 41.4 Å². The first-order valence-corrected chi connectivity index (χ1v) is 10.9. The van der Waals surface area contributed by atoms with Crippen molar-refractivity contribution in [2.45, 2.75) is 64.2 Å². The lowest BCUT2D eigenvalue weighted by Gasteiger charge is -2.24. The first-order chi connectivity index (χ1) is 13.9. The van der Waals surface area contributed by atoms with Crippen LogP contribution in [-0.4, -0.2) is 76.0 Å². The van der Waals surface area contributed by atoms with E-state index in [1.165, 1.54) is 18.7 Å². The maximum atomic E-state index is 12.5. The van der Waals surface area contributed by atoms with Gasteiger partial charge >= 0.3 is 11.9 Å². The predicted molar refractivity (Wildman–Crippen MR) is 112 cm³/mol. The molecule has 0 heterocycles. The van der Waals surface area contributed by atoms with Crippen LogP contribution in [0.3, 0.4) is 0 Å². The second-order valence-corrected chi connectivity index (χ2v) is 8.17. The van der Waals surface area contributed by atoms with Gasteiger partial charge in [-0.25, -0.2) is 4.79 Å². The van der Waals surface area contributed by atoms with E-state index < -0.39 is 53.8 Å². The largest absolute Gasteiger partial charge is 0.481 e. The van der Waals surface area contributed by atoms with Crippen LogP contribution in [0.1, 0.15) is 40.0 Å². The van der Waals surface area contributed by atoms with Crippen molar-refractivity contribution in [2.75, 3.05) is 12.0 Å². The lowest BCUT2D eigenvalue weighted by atomic mass is 10.0. The highest BCUT2D eigenvalue weighted by Crippen LogP contribution is 2.05. The average Bonchev–Trinajstić information content (AvgIpc) is 2.65. The van der Waals surface area contributed by atoms with E-state index in [4.69, 9.17) is 15.9 Å². The van der Waals surface area contributed by atoms with Crippen LogP contribution in [0.25, 0.3) is 0 Å². The van der Waals surface area contributed by atoms with Gasteiger partial charge in [-0.3, -0.25) is 19.2 Å². The summed E-state index contributed by atoms with van der Waals surface area (Å²) < 4.78 is 0. The molecule has 0 saturated carbocycles. The monoisotopic (exact) mass is 448 g/mol. The van der Waals surface area contributed by atoms with Crippen LogP contribution in [-0.2, 0) is 24.0 Å². The fraction of sp³-hybridized carbons (Fsp3) is 0.722. The van der Waals surface area contributed by atoms with Gasteiger partial charge in [0.2, 0.25) is 17.7 Å². The van der Waals surface area contributed by atoms with Gasteiger partial charge in [0.05, 0.1) is 6.04 Å². The van der Waals surface area contributed by atoms with Crippen LogP contribution in [0.2, 0.25) is 0 Å². The number of carbonyl (C=O) groups excluding carboxylic acids is 3. The van der Waals surface area contributed by atoms with Gasteiger partial charge in [0.15, 0.2) is 0 Å². The summed E-state index contributed by atoms with van der Waals surface area (Å²) in [6, 6.07) is -4.30. The minimum atomic E-state index is -1.21. The van der Waals surface area contributed by atoms with Gasteiger partial charge in [0.1, 0.15) is 18.1 Å². The van der Waals surface area contributed by atoms with E-state index in [1.54, 1.807) is 13.8 Å². The molecule has 0 aromatic rings. The molecule has 0 aromatic heterocycles. The number of carboxylic acids is 2. The highest BCUT2D eigenvalue weighted by Gasteiger charge is 2.29. The van der Waals surface area contributed by atoms with Gasteiger partial charge in [0.25, 0.3) is 0 Å². The minimum absolute atomic E-state index is 0.194. The van der Waals surface area contributed by atoms with Gasteiger partial charge in [-0.15, -0.1) is 0 Å². The molecule has 0 spiro atoms. The zero-order chi connectivity index (χ0) is 23.4. The first kappa shape index (κ1) is 27.7. The third-order valence-corrected chi connectivity index (χ3v) is 4.88. The number of amides is 3. The van der Waals surface area contributed by atoms with E-state index in [-0.39, 0.29) is 18.8 Å². The molecule has 0 aliphatic heterocycles. The third kappa shape index (κ3) is 10.4. The van der Waals surface area contributed by atoms with Crippen molar-refractivity contribution in [3.8, 4) is 0 Å². The van der Waals surface area contributed by atoms with Crippen LogP contribution in [0.5, 0.6) is 0 Å². The zero-order valence-electron chi connectivity index (χ0n) is 17.6. The molecule has 0 rings (SSSR count). The van der Waals surface area contributed by atoms with E-state index in [2.05, 4.69) is 16.0 Å². The molecule has 0 radical (unpaired) electrons. The summed E-state index contributed by atoms with van der Waals surface area (Å²) in [4.78, 5) is 59.1. The molecule has 4 unspecified atom stereocenters. The first-order valence-electron chi connectivity index (χ1n) is 9.50. The van der Waals surface area contributed by atoms with Crippen LogP contribution < -0.4 is 21.7 Å². The number of hydrogen-bond donors (Lipinski definition) is 6. The Hall–Kier alpha value is -2.34. The Bertz CT molecular complexity index is 630. The zero-order valence-corrected chi connectivity index (χ0v) is 18.5. The fourth-order valence-electron chi connectivity index (χ4n) is 2.36. The highest BCUT2D eigenvalue weighted by molar-refractivity contribution is 7.98. The van der Waals surface area contributed by atoms with E-state index >= 15 is 0 Å². The Balaban J connectivity index is 5.08. The summed E-state index contributed by atoms with van der Waals surface area (Å²) in [6.07, 6.45) is 1.66. The Morgan fingerprint density at radius 3 is 1.97 bits per heavy atom. The molecule has 12 heteroatoms. The Morgan fingerprint density at radius 2 is 1.50 bits per heavy atom. The number of carboxylic acid groups (broad SMARTS) is 2. The Kier molecular flexibility index (Phi) is 12.7. The second kappa shape index (κ2) is 13.8. The summed E-state index contributed by atoms with van der Waals surface area (Å²) >= 11 is 1.50. The molecule has 0 aliphatic carbocycles. The molecule has 30 heavy (non-hydrogen) atoms. The van der Waals surface area contributed by atoms with Crippen molar-refractivity contribution in [3.05, 3.63) is 0 Å². The maximum absolute atomic E-state index is 12.5. The van der Waals surface area contributed by atoms with Gasteiger partial charge in [-0.2, -0.15) is 11.8 Å². The SMILES string of the molecule is CSCCC(N)C(=O)NC(CCC(=O)O)C(=O)NC(C)C(=O)NC(C(=O)O)C(C)C. The maximum Gasteiger partial charge on any atom is 0.326 e. The lowest BCUT2D eigenvalue weighted by molar-refractivity contribution is -0.143. The standard InChI is InChI=1S/C18H32N4O7S/c1-9(2)14(18(28)29)22-15(25)10(3)20-17(27)12(5-6-13(23)24)21-16(26)11(19)7-8-30-4/h9-12,14H,5-8,19H2,1-4H3,(H,20,27)(H,21,26)(H,22,25)(H,23,24)(H,28,29). The number of nitrogens with one attached hydrogen (secondary N) is 3. The average molecular weight is 449 g/mol. The van der Waals surface area contributed by atoms with Crippen molar-refractivity contribution in [1.29, 1.82) is 0 Å². The molecule has 7 N–H and O–H groups in total. The third-order valence-electron chi connectivity index (χ3n) is 4.23. The molecule has 0 saturated heterocycles. The molecule has 3 amide bonds. The van der Waals surface area contributed by atoms with Crippen molar-refractivity contribution in [2.24, 2.45) is 11.7 Å². The number of thioether (sulfide) groups is 1. The smallest absolute Gasteiger partial charge is 0.326 e. The van der Waals surface area contributed by atoms with Crippen molar-refractivity contribution in [1.82, 2.24) is 16.0 Å². The summed E-state index contributed by atoms with van der Waals surface area (Å²) in [5.41, 5.74) is 5.78. The van der Waals surface area contributed by atoms with Crippen LogP contribution >= 0.6 is 11.8 Å². The molecule has 0 aliphatic rings.